The molecule has 0 heterocycles. The minimum absolute atomic E-state index is 0.0227. The highest BCUT2D eigenvalue weighted by Gasteiger charge is 2.38. The lowest BCUT2D eigenvalue weighted by Crippen LogP contribution is -2.53. The molecule has 1 aromatic carbocycles. The van der Waals surface area contributed by atoms with Gasteiger partial charge in [0, 0.05) is 28.3 Å². The van der Waals surface area contributed by atoms with Gasteiger partial charge >= 0.3 is 0 Å². The van der Waals surface area contributed by atoms with Crippen LogP contribution >= 0.6 is 0 Å². The van der Waals surface area contributed by atoms with Crippen molar-refractivity contribution in [1.29, 1.82) is 0 Å². The predicted octanol–water partition coefficient (Wildman–Crippen LogP) is 5.63. The first-order valence-corrected chi connectivity index (χ1v) is 12.8. The second-order valence-electron chi connectivity index (χ2n) is 14.0. The van der Waals surface area contributed by atoms with Crippen molar-refractivity contribution >= 4 is 17.3 Å². The smallest absolute Gasteiger partial charge is 0.155 e. The van der Waals surface area contributed by atoms with Gasteiger partial charge in [-0.2, -0.15) is 0 Å². The van der Waals surface area contributed by atoms with E-state index in [1.807, 2.05) is 67.2 Å². The largest absolute Gasteiger partial charge is 0.308 e. The van der Waals surface area contributed by atoms with E-state index in [1.165, 1.54) is 5.56 Å². The summed E-state index contributed by atoms with van der Waals surface area (Å²) in [5.74, 6) is 0.0865. The molecule has 1 unspecified atom stereocenters. The van der Waals surface area contributed by atoms with Gasteiger partial charge in [0.25, 0.3) is 0 Å². The third-order valence-electron chi connectivity index (χ3n) is 6.12. The minimum Gasteiger partial charge on any atom is -0.308 e. The monoisotopic (exact) mass is 486 g/mol. The van der Waals surface area contributed by atoms with Crippen molar-refractivity contribution in [2.24, 2.45) is 16.2 Å². The van der Waals surface area contributed by atoms with Crippen LogP contribution < -0.4 is 5.32 Å². The molecule has 1 rings (SSSR count). The summed E-state index contributed by atoms with van der Waals surface area (Å²) in [5.41, 5.74) is 0.506. The second-order valence-corrected chi connectivity index (χ2v) is 14.0. The van der Waals surface area contributed by atoms with E-state index in [-0.39, 0.29) is 36.0 Å². The van der Waals surface area contributed by atoms with Gasteiger partial charge in [0.05, 0.1) is 19.1 Å². The number of nitrogens with one attached hydrogen (secondary N) is 1. The Morgan fingerprint density at radius 1 is 0.686 bits per heavy atom. The van der Waals surface area contributed by atoms with Gasteiger partial charge in [-0.3, -0.25) is 19.3 Å². The molecule has 1 N–H and O–H groups in total. The highest BCUT2D eigenvalue weighted by molar-refractivity contribution is 5.92. The molecule has 0 saturated heterocycles. The lowest BCUT2D eigenvalue weighted by Gasteiger charge is -2.36. The Kier molecular flexibility index (Phi) is 10.2. The van der Waals surface area contributed by atoms with Crippen LogP contribution in [0.1, 0.15) is 94.2 Å². The third-order valence-corrected chi connectivity index (χ3v) is 6.12. The topological polar surface area (TPSA) is 66.5 Å². The van der Waals surface area contributed by atoms with E-state index in [9.17, 15) is 14.4 Å². The summed E-state index contributed by atoms with van der Waals surface area (Å²) in [4.78, 5) is 41.6. The zero-order chi connectivity index (χ0) is 27.4. The maximum absolute atomic E-state index is 13.7. The Bertz CT molecular complexity index is 845. The number of benzene rings is 1. The minimum atomic E-state index is -0.602. The Labute approximate surface area is 214 Å². The summed E-state index contributed by atoms with van der Waals surface area (Å²) in [6.07, 6.45) is 0.456. The Hall–Kier alpha value is -1.85. The van der Waals surface area contributed by atoms with Gasteiger partial charge in [0.1, 0.15) is 0 Å². The Morgan fingerprint density at radius 2 is 1.09 bits per heavy atom. The molecule has 0 aliphatic rings. The van der Waals surface area contributed by atoms with E-state index in [2.05, 4.69) is 50.4 Å². The maximum atomic E-state index is 13.7. The van der Waals surface area contributed by atoms with Crippen LogP contribution in [0.25, 0.3) is 0 Å². The first-order valence-electron chi connectivity index (χ1n) is 12.8. The average molecular weight is 487 g/mol. The van der Waals surface area contributed by atoms with Crippen molar-refractivity contribution in [3.8, 4) is 0 Å². The summed E-state index contributed by atoms with van der Waals surface area (Å²) in [5, 5.41) is 3.49. The molecular weight excluding hydrogens is 436 g/mol. The highest BCUT2D eigenvalue weighted by Crippen LogP contribution is 2.26. The summed E-state index contributed by atoms with van der Waals surface area (Å²) in [6.45, 7) is 24.3. The number of carbonyl (C=O) groups is 3. The van der Waals surface area contributed by atoms with Crippen LogP contribution in [0.4, 0.5) is 0 Å². The summed E-state index contributed by atoms with van der Waals surface area (Å²) in [7, 11) is 0. The van der Waals surface area contributed by atoms with Crippen molar-refractivity contribution < 1.29 is 14.4 Å². The van der Waals surface area contributed by atoms with Crippen LogP contribution in [0.2, 0.25) is 0 Å². The van der Waals surface area contributed by atoms with Crippen LogP contribution in [0.5, 0.6) is 0 Å². The van der Waals surface area contributed by atoms with Crippen LogP contribution in [-0.2, 0) is 27.3 Å². The number of carbonyl (C=O) groups excluding carboxylic acids is 3. The molecule has 0 amide bonds. The van der Waals surface area contributed by atoms with Crippen LogP contribution in [0, 0.1) is 16.2 Å². The van der Waals surface area contributed by atoms with Crippen molar-refractivity contribution in [3.63, 3.8) is 0 Å². The van der Waals surface area contributed by atoms with Crippen LogP contribution in [0.15, 0.2) is 24.3 Å². The normalized spacial score (nSPS) is 14.2. The highest BCUT2D eigenvalue weighted by atomic mass is 16.1. The molecule has 0 fully saturated rings. The quantitative estimate of drug-likeness (QED) is 0.464. The maximum Gasteiger partial charge on any atom is 0.155 e. The third kappa shape index (κ3) is 10.7. The van der Waals surface area contributed by atoms with Gasteiger partial charge in [-0.15, -0.1) is 0 Å². The van der Waals surface area contributed by atoms with E-state index in [4.69, 9.17) is 0 Å². The first-order chi connectivity index (χ1) is 15.6. The standard InChI is InChI=1S/C30H50N2O3/c1-27(2,3)24(33)19-32(20-25(34)28(4,5)6)23(26(35)29(7,8)9)17-21-13-15-22(16-14-21)18-31-30(10,11)12/h13-16,23,31H,17-20H2,1-12H3. The predicted molar refractivity (Wildman–Crippen MR) is 145 cm³/mol. The molecule has 198 valence electrons. The number of nitrogens with zero attached hydrogens (tertiary/aromatic N) is 1. The van der Waals surface area contributed by atoms with Crippen molar-refractivity contribution in [2.75, 3.05) is 13.1 Å². The number of hydrogen-bond donors (Lipinski definition) is 1. The molecule has 5 nitrogen and oxygen atoms in total. The van der Waals surface area contributed by atoms with Gasteiger partial charge in [-0.25, -0.2) is 0 Å². The molecule has 1 aromatic rings. The lowest BCUT2D eigenvalue weighted by molar-refractivity contribution is -0.137. The van der Waals surface area contributed by atoms with Crippen LogP contribution in [-0.4, -0.2) is 46.9 Å². The number of ketones is 3. The molecular formula is C30H50N2O3. The molecule has 0 aliphatic carbocycles. The molecule has 0 saturated carbocycles. The first kappa shape index (κ1) is 31.2. The molecule has 5 heteroatoms. The van der Waals surface area contributed by atoms with Gasteiger partial charge in [0.15, 0.2) is 17.3 Å². The fourth-order valence-electron chi connectivity index (χ4n) is 3.39. The van der Waals surface area contributed by atoms with Gasteiger partial charge < -0.3 is 5.32 Å². The van der Waals surface area contributed by atoms with Crippen molar-refractivity contribution in [1.82, 2.24) is 10.2 Å². The van der Waals surface area contributed by atoms with Gasteiger partial charge in [-0.05, 0) is 38.3 Å². The van der Waals surface area contributed by atoms with E-state index < -0.39 is 22.3 Å². The van der Waals surface area contributed by atoms with Gasteiger partial charge in [0.2, 0.25) is 0 Å². The van der Waals surface area contributed by atoms with Gasteiger partial charge in [-0.1, -0.05) is 86.6 Å². The zero-order valence-electron chi connectivity index (χ0n) is 24.4. The number of hydrogen-bond acceptors (Lipinski definition) is 5. The summed E-state index contributed by atoms with van der Waals surface area (Å²) < 4.78 is 0. The molecule has 0 aromatic heterocycles. The average Bonchev–Trinajstić information content (AvgIpc) is 2.67. The number of rotatable bonds is 10. The summed E-state index contributed by atoms with van der Waals surface area (Å²) in [6, 6.07) is 7.71. The van der Waals surface area contributed by atoms with E-state index in [0.29, 0.717) is 6.42 Å². The summed E-state index contributed by atoms with van der Waals surface area (Å²) >= 11 is 0. The molecule has 35 heavy (non-hydrogen) atoms. The molecule has 0 radical (unpaired) electrons. The Morgan fingerprint density at radius 3 is 1.43 bits per heavy atom. The van der Waals surface area contributed by atoms with E-state index >= 15 is 0 Å². The zero-order valence-corrected chi connectivity index (χ0v) is 24.4. The fourth-order valence-corrected chi connectivity index (χ4v) is 3.39. The van der Waals surface area contributed by atoms with E-state index in [1.54, 1.807) is 0 Å². The van der Waals surface area contributed by atoms with Crippen molar-refractivity contribution in [3.05, 3.63) is 35.4 Å². The molecule has 0 bridgehead atoms. The SMILES string of the molecule is CC(C)(C)NCc1ccc(CC(C(=O)C(C)(C)C)N(CC(=O)C(C)(C)C)CC(=O)C(C)(C)C)cc1. The molecule has 1 atom stereocenters. The second kappa shape index (κ2) is 11.5. The molecule has 0 spiro atoms. The van der Waals surface area contributed by atoms with E-state index in [0.717, 1.165) is 12.1 Å². The lowest BCUT2D eigenvalue weighted by atomic mass is 9.82. The molecule has 0 aliphatic heterocycles. The fraction of sp³-hybridized carbons (Fsp3) is 0.700. The van der Waals surface area contributed by atoms with Crippen molar-refractivity contribution in [2.45, 2.75) is 108 Å². The number of Topliss-reactive ketones (excluding diaryl/α,β-unsaturated/α-hetero) is 3. The van der Waals surface area contributed by atoms with Crippen LogP contribution in [0.3, 0.4) is 0 Å². The Balaban J connectivity index is 3.34.